The smallest absolute Gasteiger partial charge is 0.204 e. The molecule has 5 aromatic carbocycles. The number of carbonyl (C=O) groups excluding carboxylic acids is 2. The molecular weight excluding hydrogens is 460 g/mol. The third-order valence-electron chi connectivity index (χ3n) is 6.17. The Labute approximate surface area is 216 Å². The van der Waals surface area contributed by atoms with Gasteiger partial charge >= 0.3 is 0 Å². The highest BCUT2D eigenvalue weighted by molar-refractivity contribution is 6.10. The topological polar surface area (TPSA) is 52.6 Å². The van der Waals surface area contributed by atoms with Crippen LogP contribution in [0.15, 0.2) is 133 Å². The first-order chi connectivity index (χ1) is 18.2. The highest BCUT2D eigenvalue weighted by Crippen LogP contribution is 2.25. The Morgan fingerprint density at radius 1 is 0.514 bits per heavy atom. The van der Waals surface area contributed by atoms with Gasteiger partial charge in [0.1, 0.15) is 11.5 Å². The zero-order valence-electron chi connectivity index (χ0n) is 20.2. The molecule has 4 heteroatoms. The summed E-state index contributed by atoms with van der Waals surface area (Å²) < 4.78 is 12.4. The van der Waals surface area contributed by atoms with Crippen molar-refractivity contribution < 1.29 is 19.1 Å². The van der Waals surface area contributed by atoms with Gasteiger partial charge in [-0.25, -0.2) is 0 Å². The molecule has 0 radical (unpaired) electrons. The second kappa shape index (κ2) is 11.4. The SMILES string of the molecule is O=C(c1ccccc1)[C@H](C[C@@H](Oc1ccccc1)C(=O)c1cccc2ccccc12)Oc1ccccc1. The molecule has 5 rings (SSSR count). The number of para-hydroxylation sites is 2. The molecule has 0 spiro atoms. The molecule has 0 saturated heterocycles. The Hall–Kier alpha value is -4.70. The van der Waals surface area contributed by atoms with Crippen molar-refractivity contribution in [1.29, 1.82) is 0 Å². The van der Waals surface area contributed by atoms with Gasteiger partial charge in [-0.15, -0.1) is 0 Å². The number of rotatable bonds is 10. The summed E-state index contributed by atoms with van der Waals surface area (Å²) in [5, 5.41) is 1.80. The van der Waals surface area contributed by atoms with Gasteiger partial charge in [-0.1, -0.05) is 109 Å². The lowest BCUT2D eigenvalue weighted by Crippen LogP contribution is -2.38. The summed E-state index contributed by atoms with van der Waals surface area (Å²) in [4.78, 5) is 27.6. The van der Waals surface area contributed by atoms with E-state index in [1.165, 1.54) is 0 Å². The first-order valence-corrected chi connectivity index (χ1v) is 12.2. The van der Waals surface area contributed by atoms with Gasteiger partial charge in [0, 0.05) is 17.5 Å². The minimum absolute atomic E-state index is 0.0412. The number of ether oxygens (including phenoxy) is 2. The van der Waals surface area contributed by atoms with Crippen molar-refractivity contribution in [2.75, 3.05) is 0 Å². The van der Waals surface area contributed by atoms with E-state index in [0.717, 1.165) is 10.8 Å². The molecule has 0 aliphatic heterocycles. The van der Waals surface area contributed by atoms with E-state index < -0.39 is 12.2 Å². The minimum atomic E-state index is -0.949. The highest BCUT2D eigenvalue weighted by atomic mass is 16.5. The number of benzene rings is 5. The van der Waals surface area contributed by atoms with Crippen LogP contribution < -0.4 is 9.47 Å². The second-order valence-corrected chi connectivity index (χ2v) is 8.70. The normalized spacial score (nSPS) is 12.4. The predicted octanol–water partition coefficient (Wildman–Crippen LogP) is 7.19. The molecule has 182 valence electrons. The van der Waals surface area contributed by atoms with Crippen molar-refractivity contribution in [3.8, 4) is 11.5 Å². The van der Waals surface area contributed by atoms with Gasteiger partial charge in [-0.3, -0.25) is 9.59 Å². The Balaban J connectivity index is 1.53. The summed E-state index contributed by atoms with van der Waals surface area (Å²) in [5.74, 6) is 0.680. The van der Waals surface area contributed by atoms with Crippen LogP contribution in [0.2, 0.25) is 0 Å². The summed E-state index contributed by atoms with van der Waals surface area (Å²) in [7, 11) is 0. The van der Waals surface area contributed by atoms with Gasteiger partial charge in [-0.2, -0.15) is 0 Å². The quantitative estimate of drug-likeness (QED) is 0.196. The average Bonchev–Trinajstić information content (AvgIpc) is 2.97. The molecule has 37 heavy (non-hydrogen) atoms. The molecule has 4 nitrogen and oxygen atoms in total. The predicted molar refractivity (Wildman–Crippen MR) is 145 cm³/mol. The lowest BCUT2D eigenvalue weighted by atomic mass is 9.94. The molecule has 0 aromatic heterocycles. The summed E-state index contributed by atoms with van der Waals surface area (Å²) >= 11 is 0. The summed E-state index contributed by atoms with van der Waals surface area (Å²) in [6.45, 7) is 0. The van der Waals surface area contributed by atoms with Crippen molar-refractivity contribution in [3.63, 3.8) is 0 Å². The zero-order valence-corrected chi connectivity index (χ0v) is 20.2. The number of Topliss-reactive ketones (excluding diaryl/α,β-unsaturated/α-hetero) is 2. The fourth-order valence-electron chi connectivity index (χ4n) is 4.34. The van der Waals surface area contributed by atoms with Gasteiger partial charge in [0.2, 0.25) is 11.6 Å². The van der Waals surface area contributed by atoms with Gasteiger partial charge in [0.25, 0.3) is 0 Å². The summed E-state index contributed by atoms with van der Waals surface area (Å²) in [6.07, 6.45) is -1.84. The Kier molecular flexibility index (Phi) is 7.37. The average molecular weight is 487 g/mol. The molecule has 0 aliphatic rings. The third-order valence-corrected chi connectivity index (χ3v) is 6.17. The van der Waals surface area contributed by atoms with Gasteiger partial charge in [-0.05, 0) is 35.0 Å². The lowest BCUT2D eigenvalue weighted by Gasteiger charge is -2.24. The Morgan fingerprint density at radius 3 is 1.62 bits per heavy atom. The van der Waals surface area contributed by atoms with E-state index in [2.05, 4.69) is 0 Å². The molecule has 0 saturated carbocycles. The molecule has 0 unspecified atom stereocenters. The monoisotopic (exact) mass is 486 g/mol. The van der Waals surface area contributed by atoms with Crippen molar-refractivity contribution in [1.82, 2.24) is 0 Å². The maximum Gasteiger partial charge on any atom is 0.204 e. The maximum absolute atomic E-state index is 14.0. The Bertz CT molecular complexity index is 1480. The molecule has 2 atom stereocenters. The van der Waals surface area contributed by atoms with Crippen LogP contribution in [-0.4, -0.2) is 23.8 Å². The van der Waals surface area contributed by atoms with Crippen LogP contribution in [0.1, 0.15) is 27.1 Å². The van der Waals surface area contributed by atoms with E-state index in [4.69, 9.17) is 9.47 Å². The molecule has 0 fully saturated rings. The van der Waals surface area contributed by atoms with Crippen LogP contribution >= 0.6 is 0 Å². The first-order valence-electron chi connectivity index (χ1n) is 12.2. The Morgan fingerprint density at radius 2 is 1.00 bits per heavy atom. The van der Waals surface area contributed by atoms with Gasteiger partial charge < -0.3 is 9.47 Å². The molecule has 0 amide bonds. The maximum atomic E-state index is 14.0. The van der Waals surface area contributed by atoms with Crippen LogP contribution in [-0.2, 0) is 0 Å². The molecule has 0 bridgehead atoms. The number of ketones is 2. The number of hydrogen-bond acceptors (Lipinski definition) is 4. The largest absolute Gasteiger partial charge is 0.482 e. The van der Waals surface area contributed by atoms with Crippen molar-refractivity contribution >= 4 is 22.3 Å². The van der Waals surface area contributed by atoms with Crippen LogP contribution in [0.3, 0.4) is 0 Å². The van der Waals surface area contributed by atoms with E-state index in [1.54, 1.807) is 42.5 Å². The number of carbonyl (C=O) groups is 2. The molecule has 0 heterocycles. The minimum Gasteiger partial charge on any atom is -0.482 e. The van der Waals surface area contributed by atoms with Crippen molar-refractivity contribution in [3.05, 3.63) is 145 Å². The molecule has 5 aromatic rings. The zero-order chi connectivity index (χ0) is 25.5. The number of hydrogen-bond donors (Lipinski definition) is 0. The third kappa shape index (κ3) is 5.76. The van der Waals surface area contributed by atoms with Gasteiger partial charge in [0.15, 0.2) is 12.2 Å². The first kappa shape index (κ1) is 24.0. The molecular formula is C33H26O4. The van der Waals surface area contributed by atoms with E-state index in [-0.39, 0.29) is 18.0 Å². The van der Waals surface area contributed by atoms with Crippen LogP contribution in [0.25, 0.3) is 10.8 Å². The van der Waals surface area contributed by atoms with E-state index in [1.807, 2.05) is 91.0 Å². The van der Waals surface area contributed by atoms with Crippen LogP contribution in [0.4, 0.5) is 0 Å². The molecule has 0 N–H and O–H groups in total. The number of fused-ring (bicyclic) bond motifs is 1. The molecule has 0 aliphatic carbocycles. The highest BCUT2D eigenvalue weighted by Gasteiger charge is 2.32. The fraction of sp³-hybridized carbons (Fsp3) is 0.0909. The van der Waals surface area contributed by atoms with E-state index in [9.17, 15) is 9.59 Å². The van der Waals surface area contributed by atoms with Crippen LogP contribution in [0.5, 0.6) is 11.5 Å². The van der Waals surface area contributed by atoms with Crippen molar-refractivity contribution in [2.45, 2.75) is 18.6 Å². The van der Waals surface area contributed by atoms with Gasteiger partial charge in [0.05, 0.1) is 0 Å². The second-order valence-electron chi connectivity index (χ2n) is 8.70. The fourth-order valence-corrected chi connectivity index (χ4v) is 4.34. The lowest BCUT2D eigenvalue weighted by molar-refractivity contribution is 0.0589. The van der Waals surface area contributed by atoms with Crippen molar-refractivity contribution in [2.24, 2.45) is 0 Å². The summed E-state index contributed by atoms with van der Waals surface area (Å²) in [6, 6.07) is 40.7. The standard InChI is InChI=1S/C33H26O4/c34-32(25-14-4-1-5-15-25)30(36-26-17-6-2-7-18-26)23-31(37-27-19-8-3-9-20-27)33(35)29-22-12-16-24-13-10-11-21-28(24)29/h1-22,30-31H,23H2/t30-,31+/m0/s1. The van der Waals surface area contributed by atoms with Crippen LogP contribution in [0, 0.1) is 0 Å². The van der Waals surface area contributed by atoms with E-state index >= 15 is 0 Å². The van der Waals surface area contributed by atoms with E-state index in [0.29, 0.717) is 22.6 Å². The summed E-state index contributed by atoms with van der Waals surface area (Å²) in [5.41, 5.74) is 1.06.